The second-order valence-corrected chi connectivity index (χ2v) is 9.35. The van der Waals surface area contributed by atoms with Gasteiger partial charge in [0.2, 0.25) is 0 Å². The van der Waals surface area contributed by atoms with Gasteiger partial charge in [-0.25, -0.2) is 4.68 Å². The SMILES string of the molecule is COCC(NC(=O)c1ccccc1Cn1cc(-c2ccc3cnccc3c2)nn1)c1cccc(Br)c1. The van der Waals surface area contributed by atoms with E-state index in [1.807, 2.05) is 79.1 Å². The van der Waals surface area contributed by atoms with Crippen molar-refractivity contribution in [1.29, 1.82) is 0 Å². The molecule has 7 nitrogen and oxygen atoms in total. The normalized spacial score (nSPS) is 11.9. The number of amides is 1. The molecule has 0 radical (unpaired) electrons. The number of fused-ring (bicyclic) bond motifs is 1. The third-order valence-corrected chi connectivity index (χ3v) is 6.45. The van der Waals surface area contributed by atoms with Gasteiger partial charge in [0.1, 0.15) is 5.69 Å². The van der Waals surface area contributed by atoms with Crippen molar-refractivity contribution in [3.8, 4) is 11.3 Å². The summed E-state index contributed by atoms with van der Waals surface area (Å²) in [5.41, 5.74) is 4.14. The summed E-state index contributed by atoms with van der Waals surface area (Å²) in [7, 11) is 1.62. The molecule has 36 heavy (non-hydrogen) atoms. The molecule has 0 bridgehead atoms. The average Bonchev–Trinajstić information content (AvgIpc) is 3.37. The zero-order chi connectivity index (χ0) is 24.9. The minimum absolute atomic E-state index is 0.170. The number of ether oxygens (including phenoxy) is 1. The Morgan fingerprint density at radius 1 is 1.06 bits per heavy atom. The molecule has 0 aliphatic carbocycles. The van der Waals surface area contributed by atoms with Crippen molar-refractivity contribution >= 4 is 32.6 Å². The van der Waals surface area contributed by atoms with Crippen LogP contribution < -0.4 is 5.32 Å². The second kappa shape index (κ2) is 10.8. The fraction of sp³-hybridized carbons (Fsp3) is 0.143. The first-order valence-corrected chi connectivity index (χ1v) is 12.3. The molecule has 180 valence electrons. The summed E-state index contributed by atoms with van der Waals surface area (Å²) >= 11 is 3.50. The summed E-state index contributed by atoms with van der Waals surface area (Å²) in [5, 5.41) is 14.0. The van der Waals surface area contributed by atoms with Gasteiger partial charge in [-0.1, -0.05) is 63.6 Å². The molecule has 0 saturated carbocycles. The zero-order valence-electron chi connectivity index (χ0n) is 19.6. The van der Waals surface area contributed by atoms with E-state index in [9.17, 15) is 4.79 Å². The van der Waals surface area contributed by atoms with Crippen molar-refractivity contribution < 1.29 is 9.53 Å². The van der Waals surface area contributed by atoms with Crippen molar-refractivity contribution in [2.75, 3.05) is 13.7 Å². The summed E-state index contributed by atoms with van der Waals surface area (Å²) in [6.45, 7) is 0.776. The first kappa shape index (κ1) is 23.8. The van der Waals surface area contributed by atoms with Gasteiger partial charge in [-0.2, -0.15) is 0 Å². The molecule has 2 heterocycles. The monoisotopic (exact) mass is 541 g/mol. The highest BCUT2D eigenvalue weighted by atomic mass is 79.9. The fourth-order valence-corrected chi connectivity index (χ4v) is 4.57. The van der Waals surface area contributed by atoms with Gasteiger partial charge in [0.25, 0.3) is 5.91 Å². The molecule has 3 aromatic carbocycles. The van der Waals surface area contributed by atoms with Crippen LogP contribution in [0.4, 0.5) is 0 Å². The molecule has 1 N–H and O–H groups in total. The average molecular weight is 542 g/mol. The maximum atomic E-state index is 13.3. The smallest absolute Gasteiger partial charge is 0.252 e. The fourth-order valence-electron chi connectivity index (χ4n) is 4.15. The molecule has 0 aliphatic rings. The topological polar surface area (TPSA) is 81.9 Å². The molecule has 1 unspecified atom stereocenters. The molecular formula is C28H24BrN5O2. The van der Waals surface area contributed by atoms with Crippen LogP contribution in [0.1, 0.15) is 27.5 Å². The maximum absolute atomic E-state index is 13.3. The molecule has 5 aromatic rings. The molecule has 0 fully saturated rings. The molecule has 1 amide bonds. The van der Waals surface area contributed by atoms with Crippen molar-refractivity contribution in [2.45, 2.75) is 12.6 Å². The second-order valence-electron chi connectivity index (χ2n) is 8.43. The van der Waals surface area contributed by atoms with E-state index in [0.29, 0.717) is 18.7 Å². The van der Waals surface area contributed by atoms with E-state index in [2.05, 4.69) is 42.6 Å². The van der Waals surface area contributed by atoms with Crippen LogP contribution in [-0.4, -0.2) is 39.6 Å². The van der Waals surface area contributed by atoms with Gasteiger partial charge < -0.3 is 10.1 Å². The van der Waals surface area contributed by atoms with E-state index < -0.39 is 0 Å². The standard InChI is InChI=1S/C28H24BrN5O2/c1-36-18-27(20-6-4-7-24(29)14-20)31-28(35)25-8-3-2-5-23(25)16-34-17-26(32-33-34)21-9-10-22-15-30-12-11-19(22)13-21/h2-15,17,27H,16,18H2,1H3,(H,31,35). The summed E-state index contributed by atoms with van der Waals surface area (Å²) < 4.78 is 8.07. The Bertz CT molecular complexity index is 1520. The first-order valence-electron chi connectivity index (χ1n) is 11.5. The van der Waals surface area contributed by atoms with Crippen molar-refractivity contribution in [3.05, 3.63) is 113 Å². The van der Waals surface area contributed by atoms with Crippen molar-refractivity contribution in [2.24, 2.45) is 0 Å². The number of nitrogens with one attached hydrogen (secondary N) is 1. The van der Waals surface area contributed by atoms with Gasteiger partial charge in [0.05, 0.1) is 25.4 Å². The lowest BCUT2D eigenvalue weighted by atomic mass is 10.0. The first-order chi connectivity index (χ1) is 17.6. The number of hydrogen-bond donors (Lipinski definition) is 1. The van der Waals surface area contributed by atoms with E-state index in [1.165, 1.54) is 0 Å². The van der Waals surface area contributed by atoms with Crippen LogP contribution in [-0.2, 0) is 11.3 Å². The van der Waals surface area contributed by atoms with E-state index >= 15 is 0 Å². The van der Waals surface area contributed by atoms with Crippen LogP contribution in [0.25, 0.3) is 22.0 Å². The minimum atomic E-state index is -0.283. The Balaban J connectivity index is 1.36. The van der Waals surface area contributed by atoms with E-state index in [0.717, 1.165) is 37.6 Å². The Labute approximate surface area is 217 Å². The number of aromatic nitrogens is 4. The Morgan fingerprint density at radius 2 is 1.94 bits per heavy atom. The van der Waals surface area contributed by atoms with E-state index in [1.54, 1.807) is 18.0 Å². The lowest BCUT2D eigenvalue weighted by Crippen LogP contribution is -2.32. The number of carbonyl (C=O) groups excluding carboxylic acids is 1. The Hall–Kier alpha value is -3.88. The molecule has 1 atom stereocenters. The molecule has 0 saturated heterocycles. The molecule has 0 spiro atoms. The number of halogens is 1. The summed E-state index contributed by atoms with van der Waals surface area (Å²) in [5.74, 6) is -0.170. The number of benzene rings is 3. The van der Waals surface area contributed by atoms with Crippen LogP contribution in [0.15, 0.2) is 95.9 Å². The maximum Gasteiger partial charge on any atom is 0.252 e. The van der Waals surface area contributed by atoms with Gasteiger partial charge in [0, 0.05) is 40.5 Å². The van der Waals surface area contributed by atoms with Crippen LogP contribution in [0.5, 0.6) is 0 Å². The highest BCUT2D eigenvalue weighted by Crippen LogP contribution is 2.23. The van der Waals surface area contributed by atoms with E-state index in [4.69, 9.17) is 4.74 Å². The van der Waals surface area contributed by atoms with Crippen LogP contribution in [0.2, 0.25) is 0 Å². The molecule has 8 heteroatoms. The highest BCUT2D eigenvalue weighted by molar-refractivity contribution is 9.10. The lowest BCUT2D eigenvalue weighted by Gasteiger charge is -2.20. The predicted octanol–water partition coefficient (Wildman–Crippen LogP) is 5.42. The number of hydrogen-bond acceptors (Lipinski definition) is 5. The van der Waals surface area contributed by atoms with Crippen LogP contribution in [0.3, 0.4) is 0 Å². The Kier molecular flexibility index (Phi) is 7.16. The van der Waals surface area contributed by atoms with Crippen LogP contribution in [0, 0.1) is 0 Å². The summed E-state index contributed by atoms with van der Waals surface area (Å²) in [6.07, 6.45) is 5.51. The van der Waals surface area contributed by atoms with Crippen LogP contribution >= 0.6 is 15.9 Å². The number of nitrogens with zero attached hydrogens (tertiary/aromatic N) is 4. The van der Waals surface area contributed by atoms with Gasteiger partial charge >= 0.3 is 0 Å². The molecule has 5 rings (SSSR count). The molecule has 0 aliphatic heterocycles. The van der Waals surface area contributed by atoms with E-state index in [-0.39, 0.29) is 11.9 Å². The predicted molar refractivity (Wildman–Crippen MR) is 143 cm³/mol. The molecular weight excluding hydrogens is 518 g/mol. The van der Waals surface area contributed by atoms with Gasteiger partial charge in [-0.05, 0) is 46.8 Å². The van der Waals surface area contributed by atoms with Gasteiger partial charge in [-0.3, -0.25) is 9.78 Å². The third-order valence-electron chi connectivity index (χ3n) is 5.96. The summed E-state index contributed by atoms with van der Waals surface area (Å²) in [4.78, 5) is 17.5. The van der Waals surface area contributed by atoms with Crippen molar-refractivity contribution in [1.82, 2.24) is 25.3 Å². The lowest BCUT2D eigenvalue weighted by molar-refractivity contribution is 0.0895. The number of rotatable bonds is 8. The third kappa shape index (κ3) is 5.35. The molecule has 2 aromatic heterocycles. The van der Waals surface area contributed by atoms with Gasteiger partial charge in [-0.15, -0.1) is 5.10 Å². The summed E-state index contributed by atoms with van der Waals surface area (Å²) in [6, 6.07) is 23.2. The minimum Gasteiger partial charge on any atom is -0.382 e. The number of carbonyl (C=O) groups is 1. The number of methoxy groups -OCH3 is 1. The largest absolute Gasteiger partial charge is 0.382 e. The highest BCUT2D eigenvalue weighted by Gasteiger charge is 2.19. The van der Waals surface area contributed by atoms with Crippen molar-refractivity contribution in [3.63, 3.8) is 0 Å². The zero-order valence-corrected chi connectivity index (χ0v) is 21.2. The Morgan fingerprint density at radius 3 is 2.81 bits per heavy atom. The van der Waals surface area contributed by atoms with Gasteiger partial charge in [0.15, 0.2) is 0 Å². The quantitative estimate of drug-likeness (QED) is 0.283. The number of pyridine rings is 1.